The SMILES string of the molecule is C=CCC(CN(Cl)CCCC)c1ccccc1. The summed E-state index contributed by atoms with van der Waals surface area (Å²) < 4.78 is 1.91. The van der Waals surface area contributed by atoms with Gasteiger partial charge in [0.05, 0.1) is 0 Å². The summed E-state index contributed by atoms with van der Waals surface area (Å²) in [5.74, 6) is 0.447. The van der Waals surface area contributed by atoms with Crippen LogP contribution in [0.3, 0.4) is 0 Å². The van der Waals surface area contributed by atoms with Crippen LogP contribution in [0, 0.1) is 0 Å². The summed E-state index contributed by atoms with van der Waals surface area (Å²) in [5, 5.41) is 0. The van der Waals surface area contributed by atoms with E-state index in [1.54, 1.807) is 0 Å². The van der Waals surface area contributed by atoms with Gasteiger partial charge >= 0.3 is 0 Å². The summed E-state index contributed by atoms with van der Waals surface area (Å²) in [6, 6.07) is 10.5. The predicted molar refractivity (Wildman–Crippen MR) is 76.3 cm³/mol. The molecule has 1 unspecified atom stereocenters. The molecule has 0 saturated carbocycles. The Morgan fingerprint density at radius 1 is 1.35 bits per heavy atom. The van der Waals surface area contributed by atoms with E-state index in [9.17, 15) is 0 Å². The van der Waals surface area contributed by atoms with E-state index in [4.69, 9.17) is 11.8 Å². The molecule has 0 aliphatic heterocycles. The van der Waals surface area contributed by atoms with E-state index in [2.05, 4.69) is 37.8 Å². The van der Waals surface area contributed by atoms with Crippen LogP contribution >= 0.6 is 11.8 Å². The third-order valence-corrected chi connectivity index (χ3v) is 3.20. The number of unbranched alkanes of at least 4 members (excludes halogenated alkanes) is 1. The fourth-order valence-electron chi connectivity index (χ4n) is 1.90. The highest BCUT2D eigenvalue weighted by Crippen LogP contribution is 2.22. The second-order valence-corrected chi connectivity index (χ2v) is 4.83. The van der Waals surface area contributed by atoms with Crippen LogP contribution in [0.25, 0.3) is 0 Å². The highest BCUT2D eigenvalue weighted by molar-refractivity contribution is 6.13. The van der Waals surface area contributed by atoms with Gasteiger partial charge in [0.15, 0.2) is 0 Å². The zero-order chi connectivity index (χ0) is 12.5. The van der Waals surface area contributed by atoms with Crippen molar-refractivity contribution in [2.45, 2.75) is 32.1 Å². The monoisotopic (exact) mass is 251 g/mol. The van der Waals surface area contributed by atoms with Gasteiger partial charge in [-0.15, -0.1) is 6.58 Å². The first-order valence-electron chi connectivity index (χ1n) is 6.34. The minimum atomic E-state index is 0.447. The summed E-state index contributed by atoms with van der Waals surface area (Å²) in [4.78, 5) is 0. The minimum absolute atomic E-state index is 0.447. The number of benzene rings is 1. The molecule has 0 bridgehead atoms. The molecule has 0 N–H and O–H groups in total. The summed E-state index contributed by atoms with van der Waals surface area (Å²) in [6.45, 7) is 7.86. The summed E-state index contributed by atoms with van der Waals surface area (Å²) in [6.07, 6.45) is 5.28. The smallest absolute Gasteiger partial charge is 0.0210 e. The maximum Gasteiger partial charge on any atom is 0.0210 e. The standard InChI is InChI=1S/C15H22ClN/c1-3-5-12-17(16)13-15(9-4-2)14-10-7-6-8-11-14/h4,6-8,10-11,15H,2-3,5,9,12-13H2,1H3. The van der Waals surface area contributed by atoms with Gasteiger partial charge in [0.1, 0.15) is 0 Å². The van der Waals surface area contributed by atoms with Crippen molar-refractivity contribution in [2.75, 3.05) is 13.1 Å². The van der Waals surface area contributed by atoms with Crippen LogP contribution in [0.5, 0.6) is 0 Å². The number of halogens is 1. The van der Waals surface area contributed by atoms with E-state index >= 15 is 0 Å². The van der Waals surface area contributed by atoms with Crippen LogP contribution in [0.1, 0.15) is 37.7 Å². The molecule has 1 aromatic rings. The van der Waals surface area contributed by atoms with Gasteiger partial charge in [0.25, 0.3) is 0 Å². The molecule has 0 aliphatic carbocycles. The lowest BCUT2D eigenvalue weighted by Gasteiger charge is -2.21. The molecule has 1 aromatic carbocycles. The molecule has 0 fully saturated rings. The van der Waals surface area contributed by atoms with Crippen molar-refractivity contribution in [2.24, 2.45) is 0 Å². The van der Waals surface area contributed by atoms with Crippen molar-refractivity contribution in [1.82, 2.24) is 4.42 Å². The Balaban J connectivity index is 2.57. The first kappa shape index (κ1) is 14.3. The van der Waals surface area contributed by atoms with Crippen molar-refractivity contribution in [3.8, 4) is 0 Å². The van der Waals surface area contributed by atoms with Crippen LogP contribution < -0.4 is 0 Å². The Labute approximate surface area is 110 Å². The second-order valence-electron chi connectivity index (χ2n) is 4.35. The van der Waals surface area contributed by atoms with Crippen LogP contribution in [0.2, 0.25) is 0 Å². The summed E-state index contributed by atoms with van der Waals surface area (Å²) in [5.41, 5.74) is 1.34. The van der Waals surface area contributed by atoms with E-state index in [0.29, 0.717) is 5.92 Å². The van der Waals surface area contributed by atoms with E-state index in [1.165, 1.54) is 12.0 Å². The second kappa shape index (κ2) is 8.32. The molecule has 0 aromatic heterocycles. The molecule has 1 rings (SSSR count). The first-order chi connectivity index (χ1) is 8.27. The number of rotatable bonds is 8. The molecule has 0 saturated heterocycles. The molecule has 0 radical (unpaired) electrons. The number of hydrogen-bond acceptors (Lipinski definition) is 1. The first-order valence-corrected chi connectivity index (χ1v) is 6.68. The third kappa shape index (κ3) is 5.38. The largest absolute Gasteiger partial charge is 0.220 e. The average Bonchev–Trinajstić information content (AvgIpc) is 2.37. The number of allylic oxidation sites excluding steroid dienone is 1. The molecule has 17 heavy (non-hydrogen) atoms. The van der Waals surface area contributed by atoms with Crippen LogP contribution in [0.15, 0.2) is 43.0 Å². The minimum Gasteiger partial charge on any atom is -0.220 e. The average molecular weight is 252 g/mol. The van der Waals surface area contributed by atoms with Gasteiger partial charge < -0.3 is 0 Å². The highest BCUT2D eigenvalue weighted by Gasteiger charge is 2.13. The summed E-state index contributed by atoms with van der Waals surface area (Å²) in [7, 11) is 0. The molecule has 1 atom stereocenters. The molecule has 0 aliphatic rings. The lowest BCUT2D eigenvalue weighted by Crippen LogP contribution is -2.21. The molecule has 1 nitrogen and oxygen atoms in total. The molecular weight excluding hydrogens is 230 g/mol. The van der Waals surface area contributed by atoms with Gasteiger partial charge in [0.2, 0.25) is 0 Å². The third-order valence-electron chi connectivity index (χ3n) is 2.89. The van der Waals surface area contributed by atoms with Crippen LogP contribution in [-0.4, -0.2) is 17.5 Å². The van der Waals surface area contributed by atoms with E-state index < -0.39 is 0 Å². The van der Waals surface area contributed by atoms with Crippen molar-refractivity contribution < 1.29 is 0 Å². The van der Waals surface area contributed by atoms with E-state index in [1.807, 2.05) is 16.6 Å². The lowest BCUT2D eigenvalue weighted by molar-refractivity contribution is 0.406. The zero-order valence-corrected chi connectivity index (χ0v) is 11.4. The van der Waals surface area contributed by atoms with Crippen molar-refractivity contribution in [1.29, 1.82) is 0 Å². The maximum atomic E-state index is 6.24. The zero-order valence-electron chi connectivity index (χ0n) is 10.6. The fraction of sp³-hybridized carbons (Fsp3) is 0.467. The Morgan fingerprint density at radius 3 is 2.65 bits per heavy atom. The Kier molecular flexibility index (Phi) is 6.99. The Bertz CT molecular complexity index is 310. The molecular formula is C15H22ClN. The lowest BCUT2D eigenvalue weighted by atomic mass is 9.95. The van der Waals surface area contributed by atoms with Gasteiger partial charge in [0, 0.05) is 19.0 Å². The Morgan fingerprint density at radius 2 is 2.06 bits per heavy atom. The van der Waals surface area contributed by atoms with Crippen LogP contribution in [-0.2, 0) is 0 Å². The van der Waals surface area contributed by atoms with Gasteiger partial charge in [-0.25, -0.2) is 4.42 Å². The topological polar surface area (TPSA) is 3.24 Å². The van der Waals surface area contributed by atoms with Gasteiger partial charge in [-0.1, -0.05) is 49.8 Å². The molecule has 0 spiro atoms. The fourth-order valence-corrected chi connectivity index (χ4v) is 2.19. The highest BCUT2D eigenvalue weighted by atomic mass is 35.5. The van der Waals surface area contributed by atoms with Gasteiger partial charge in [-0.2, -0.15) is 0 Å². The normalized spacial score (nSPS) is 12.6. The molecule has 2 heteroatoms. The van der Waals surface area contributed by atoms with E-state index in [-0.39, 0.29) is 0 Å². The molecule has 94 valence electrons. The maximum absolute atomic E-state index is 6.24. The Hall–Kier alpha value is -0.790. The number of hydrogen-bond donors (Lipinski definition) is 0. The quantitative estimate of drug-likeness (QED) is 0.482. The van der Waals surface area contributed by atoms with Gasteiger partial charge in [-0.3, -0.25) is 0 Å². The van der Waals surface area contributed by atoms with E-state index in [0.717, 1.165) is 25.9 Å². The van der Waals surface area contributed by atoms with Crippen LogP contribution in [0.4, 0.5) is 0 Å². The molecule has 0 heterocycles. The molecule has 0 amide bonds. The van der Waals surface area contributed by atoms with Crippen molar-refractivity contribution >= 4 is 11.8 Å². The number of nitrogens with zero attached hydrogens (tertiary/aromatic N) is 1. The van der Waals surface area contributed by atoms with Crippen molar-refractivity contribution in [3.05, 3.63) is 48.6 Å². The van der Waals surface area contributed by atoms with Gasteiger partial charge in [-0.05, 0) is 30.2 Å². The van der Waals surface area contributed by atoms with Crippen molar-refractivity contribution in [3.63, 3.8) is 0 Å². The predicted octanol–water partition coefficient (Wildman–Crippen LogP) is 4.60. The summed E-state index contributed by atoms with van der Waals surface area (Å²) >= 11 is 6.24.